The van der Waals surface area contributed by atoms with Crippen LogP contribution < -0.4 is 5.32 Å². The van der Waals surface area contributed by atoms with E-state index in [0.717, 1.165) is 12.2 Å². The molecule has 0 aromatic rings. The molecule has 1 saturated heterocycles. The molecular formula is C11H15NO5. The van der Waals surface area contributed by atoms with Crippen molar-refractivity contribution >= 4 is 17.8 Å². The largest absolute Gasteiger partial charge is 0.466 e. The molecule has 1 amide bonds. The Labute approximate surface area is 99.0 Å². The van der Waals surface area contributed by atoms with E-state index in [4.69, 9.17) is 4.74 Å². The Kier molecular flexibility index (Phi) is 3.88. The van der Waals surface area contributed by atoms with E-state index >= 15 is 0 Å². The third kappa shape index (κ3) is 3.30. The Morgan fingerprint density at radius 1 is 1.35 bits per heavy atom. The summed E-state index contributed by atoms with van der Waals surface area (Å²) in [6, 6.07) is 0. The van der Waals surface area contributed by atoms with Gasteiger partial charge in [-0.05, 0) is 0 Å². The lowest BCUT2D eigenvalue weighted by atomic mass is 9.90. The molecule has 1 rings (SSSR count). The van der Waals surface area contributed by atoms with Crippen LogP contribution in [0.1, 0.15) is 13.8 Å². The molecule has 17 heavy (non-hydrogen) atoms. The molecule has 1 aliphatic heterocycles. The van der Waals surface area contributed by atoms with Crippen molar-refractivity contribution in [3.8, 4) is 0 Å². The summed E-state index contributed by atoms with van der Waals surface area (Å²) < 4.78 is 9.31. The van der Waals surface area contributed by atoms with Crippen molar-refractivity contribution in [2.75, 3.05) is 13.7 Å². The Morgan fingerprint density at radius 3 is 2.41 bits per heavy atom. The molecule has 0 saturated carbocycles. The Morgan fingerprint density at radius 2 is 1.94 bits per heavy atom. The summed E-state index contributed by atoms with van der Waals surface area (Å²) in [5, 5.41) is 2.61. The average Bonchev–Trinajstić information content (AvgIpc) is 2.53. The molecule has 0 aromatic carbocycles. The first-order chi connectivity index (χ1) is 7.86. The topological polar surface area (TPSA) is 81.7 Å². The lowest BCUT2D eigenvalue weighted by Crippen LogP contribution is -2.35. The minimum atomic E-state index is -0.836. The third-order valence-electron chi connectivity index (χ3n) is 2.46. The number of nitrogens with one attached hydrogen (secondary N) is 1. The van der Waals surface area contributed by atoms with Gasteiger partial charge in [-0.25, -0.2) is 9.59 Å². The molecule has 1 heterocycles. The maximum absolute atomic E-state index is 11.4. The number of carbonyl (C=O) groups excluding carboxylic acids is 3. The van der Waals surface area contributed by atoms with Gasteiger partial charge in [-0.1, -0.05) is 13.8 Å². The summed E-state index contributed by atoms with van der Waals surface area (Å²) in [5.41, 5.74) is -0.453. The maximum atomic E-state index is 11.4. The SMILES string of the molecule is COC(=O)/C=C/C(=O)O[C@@H]1C(=O)NCC1(C)C. The fraction of sp³-hybridized carbons (Fsp3) is 0.545. The molecule has 1 atom stereocenters. The quantitative estimate of drug-likeness (QED) is 0.546. The van der Waals surface area contributed by atoms with Crippen LogP contribution in [-0.4, -0.2) is 37.6 Å². The number of esters is 2. The van der Waals surface area contributed by atoms with Gasteiger partial charge in [0.05, 0.1) is 7.11 Å². The third-order valence-corrected chi connectivity index (χ3v) is 2.46. The molecule has 1 N–H and O–H groups in total. The molecule has 6 heteroatoms. The van der Waals surface area contributed by atoms with Crippen LogP contribution in [0.2, 0.25) is 0 Å². The predicted octanol–water partition coefficient (Wildman–Crippen LogP) is -0.217. The van der Waals surface area contributed by atoms with E-state index in [9.17, 15) is 14.4 Å². The summed E-state index contributed by atoms with van der Waals surface area (Å²) in [6.07, 6.45) is 1.05. The van der Waals surface area contributed by atoms with Gasteiger partial charge < -0.3 is 14.8 Å². The number of hydrogen-bond donors (Lipinski definition) is 1. The lowest BCUT2D eigenvalue weighted by Gasteiger charge is -2.22. The van der Waals surface area contributed by atoms with E-state index in [1.54, 1.807) is 0 Å². The number of hydrogen-bond acceptors (Lipinski definition) is 5. The van der Waals surface area contributed by atoms with E-state index in [1.807, 2.05) is 13.8 Å². The molecule has 0 aliphatic carbocycles. The summed E-state index contributed by atoms with van der Waals surface area (Å²) in [4.78, 5) is 33.5. The van der Waals surface area contributed by atoms with E-state index < -0.39 is 23.5 Å². The number of ether oxygens (including phenoxy) is 2. The second-order valence-electron chi connectivity index (χ2n) is 4.38. The van der Waals surface area contributed by atoms with Crippen LogP contribution in [0.15, 0.2) is 12.2 Å². The van der Waals surface area contributed by atoms with Crippen LogP contribution in [0, 0.1) is 5.41 Å². The fourth-order valence-corrected chi connectivity index (χ4v) is 1.43. The average molecular weight is 241 g/mol. The van der Waals surface area contributed by atoms with E-state index in [1.165, 1.54) is 7.11 Å². The van der Waals surface area contributed by atoms with Gasteiger partial charge in [-0.15, -0.1) is 0 Å². The van der Waals surface area contributed by atoms with E-state index in [0.29, 0.717) is 6.54 Å². The van der Waals surface area contributed by atoms with Crippen molar-refractivity contribution in [1.82, 2.24) is 5.32 Å². The maximum Gasteiger partial charge on any atom is 0.331 e. The van der Waals surface area contributed by atoms with Gasteiger partial charge in [0.1, 0.15) is 0 Å². The molecular weight excluding hydrogens is 226 g/mol. The van der Waals surface area contributed by atoms with Gasteiger partial charge in [0.15, 0.2) is 6.10 Å². The first-order valence-electron chi connectivity index (χ1n) is 5.11. The van der Waals surface area contributed by atoms with Gasteiger partial charge in [0, 0.05) is 24.1 Å². The second kappa shape index (κ2) is 4.99. The zero-order valence-corrected chi connectivity index (χ0v) is 9.98. The summed E-state index contributed by atoms with van der Waals surface area (Å²) in [5.74, 6) is -1.72. The first-order valence-corrected chi connectivity index (χ1v) is 5.11. The predicted molar refractivity (Wildman–Crippen MR) is 57.8 cm³/mol. The highest BCUT2D eigenvalue weighted by atomic mass is 16.6. The van der Waals surface area contributed by atoms with Crippen molar-refractivity contribution in [2.45, 2.75) is 20.0 Å². The van der Waals surface area contributed by atoms with Crippen LogP contribution in [0.25, 0.3) is 0 Å². The minimum absolute atomic E-state index is 0.324. The van der Waals surface area contributed by atoms with Crippen molar-refractivity contribution in [2.24, 2.45) is 5.41 Å². The number of rotatable bonds is 3. The van der Waals surface area contributed by atoms with Gasteiger partial charge >= 0.3 is 11.9 Å². The highest BCUT2D eigenvalue weighted by molar-refractivity contribution is 5.93. The van der Waals surface area contributed by atoms with Gasteiger partial charge in [-0.3, -0.25) is 4.79 Å². The molecule has 0 radical (unpaired) electrons. The minimum Gasteiger partial charge on any atom is -0.466 e. The molecule has 0 unspecified atom stereocenters. The van der Waals surface area contributed by atoms with Crippen LogP contribution in [0.3, 0.4) is 0 Å². The number of methoxy groups -OCH3 is 1. The van der Waals surface area contributed by atoms with Crippen molar-refractivity contribution in [1.29, 1.82) is 0 Å². The van der Waals surface area contributed by atoms with Crippen molar-refractivity contribution in [3.63, 3.8) is 0 Å². The molecule has 1 aliphatic rings. The van der Waals surface area contributed by atoms with Crippen LogP contribution in [-0.2, 0) is 23.9 Å². The zero-order chi connectivity index (χ0) is 13.1. The highest BCUT2D eigenvalue weighted by Crippen LogP contribution is 2.27. The van der Waals surface area contributed by atoms with E-state index in [2.05, 4.69) is 10.1 Å². The summed E-state index contributed by atoms with van der Waals surface area (Å²) in [7, 11) is 1.20. The molecule has 0 spiro atoms. The van der Waals surface area contributed by atoms with Gasteiger partial charge in [0.2, 0.25) is 0 Å². The van der Waals surface area contributed by atoms with Crippen molar-refractivity contribution in [3.05, 3.63) is 12.2 Å². The molecule has 6 nitrogen and oxygen atoms in total. The van der Waals surface area contributed by atoms with Crippen molar-refractivity contribution < 1.29 is 23.9 Å². The number of amides is 1. The Hall–Kier alpha value is -1.85. The summed E-state index contributed by atoms with van der Waals surface area (Å²) >= 11 is 0. The zero-order valence-electron chi connectivity index (χ0n) is 9.98. The lowest BCUT2D eigenvalue weighted by molar-refractivity contribution is -0.154. The normalized spacial score (nSPS) is 22.3. The van der Waals surface area contributed by atoms with Crippen LogP contribution in [0.5, 0.6) is 0 Å². The molecule has 94 valence electrons. The molecule has 0 bridgehead atoms. The summed E-state index contributed by atoms with van der Waals surface area (Å²) in [6.45, 7) is 4.07. The monoisotopic (exact) mass is 241 g/mol. The Balaban J connectivity index is 2.60. The molecule has 0 aromatic heterocycles. The Bertz CT molecular complexity index is 372. The molecule has 1 fully saturated rings. The second-order valence-corrected chi connectivity index (χ2v) is 4.38. The first kappa shape index (κ1) is 13.2. The van der Waals surface area contributed by atoms with Gasteiger partial charge in [-0.2, -0.15) is 0 Å². The highest BCUT2D eigenvalue weighted by Gasteiger charge is 2.43. The fourth-order valence-electron chi connectivity index (χ4n) is 1.43. The standard InChI is InChI=1S/C11H15NO5/c1-11(2)6-12-10(15)9(11)17-8(14)5-4-7(13)16-3/h4-5,9H,6H2,1-3H3,(H,12,15)/b5-4+/t9-/m1/s1. The number of carbonyl (C=O) groups is 3. The van der Waals surface area contributed by atoms with Crippen LogP contribution >= 0.6 is 0 Å². The van der Waals surface area contributed by atoms with E-state index in [-0.39, 0.29) is 5.91 Å². The smallest absolute Gasteiger partial charge is 0.331 e. The van der Waals surface area contributed by atoms with Crippen LogP contribution in [0.4, 0.5) is 0 Å². The van der Waals surface area contributed by atoms with Gasteiger partial charge in [0.25, 0.3) is 5.91 Å².